The highest BCUT2D eigenvalue weighted by atomic mass is 19.2. The van der Waals surface area contributed by atoms with Crippen LogP contribution in [0.3, 0.4) is 0 Å². The quantitative estimate of drug-likeness (QED) is 0.719. The summed E-state index contributed by atoms with van der Waals surface area (Å²) < 4.78 is 33.3. The lowest BCUT2D eigenvalue weighted by Gasteiger charge is -2.40. The second-order valence-corrected chi connectivity index (χ2v) is 7.74. The molecule has 0 saturated carbocycles. The first kappa shape index (κ1) is 17.5. The molecule has 0 aliphatic carbocycles. The van der Waals surface area contributed by atoms with E-state index in [0.717, 1.165) is 24.5 Å². The Balaban J connectivity index is 2.09. The summed E-state index contributed by atoms with van der Waals surface area (Å²) in [6, 6.07) is 4.33. The fraction of sp³-hybridized carbons (Fsp3) is 0.400. The number of hydrogen-bond acceptors (Lipinski definition) is 3. The Morgan fingerprint density at radius 2 is 2.00 bits per heavy atom. The van der Waals surface area contributed by atoms with Crippen molar-refractivity contribution in [3.8, 4) is 0 Å². The molecule has 0 amide bonds. The van der Waals surface area contributed by atoms with E-state index in [1.807, 2.05) is 20.8 Å². The Hall–Kier alpha value is -2.30. The van der Waals surface area contributed by atoms with Crippen LogP contribution in [0.5, 0.6) is 0 Å². The van der Waals surface area contributed by atoms with E-state index in [2.05, 4.69) is 18.5 Å². The summed E-state index contributed by atoms with van der Waals surface area (Å²) in [6.07, 6.45) is 2.99. The molecule has 1 aromatic carbocycles. The monoisotopic (exact) mass is 344 g/mol. The third kappa shape index (κ3) is 3.55. The second-order valence-electron chi connectivity index (χ2n) is 7.74. The smallest absolute Gasteiger partial charge is 0.218 e. The Morgan fingerprint density at radius 1 is 1.28 bits per heavy atom. The molecule has 0 fully saturated rings. The zero-order valence-electron chi connectivity index (χ0n) is 15.0. The van der Waals surface area contributed by atoms with Gasteiger partial charge in [-0.3, -0.25) is 4.98 Å². The van der Waals surface area contributed by atoms with E-state index in [9.17, 15) is 8.78 Å². The zero-order chi connectivity index (χ0) is 18.4. The highest BCUT2D eigenvalue weighted by Gasteiger charge is 2.39. The van der Waals surface area contributed by atoms with E-state index in [1.165, 1.54) is 12.3 Å². The number of halogens is 2. The van der Waals surface area contributed by atoms with E-state index < -0.39 is 17.2 Å². The molecule has 2 aromatic rings. The molecule has 1 atom stereocenters. The van der Waals surface area contributed by atoms with Crippen molar-refractivity contribution in [2.45, 2.75) is 51.7 Å². The Bertz CT molecular complexity index is 889. The van der Waals surface area contributed by atoms with E-state index in [0.29, 0.717) is 16.8 Å². The highest BCUT2D eigenvalue weighted by molar-refractivity contribution is 5.98. The summed E-state index contributed by atoms with van der Waals surface area (Å²) in [7, 11) is 0. The summed E-state index contributed by atoms with van der Waals surface area (Å²) in [5.74, 6) is -1.38. The molecule has 0 spiro atoms. The van der Waals surface area contributed by atoms with Gasteiger partial charge in [-0.1, -0.05) is 5.57 Å². The van der Waals surface area contributed by atoms with E-state index in [-0.39, 0.29) is 11.1 Å². The van der Waals surface area contributed by atoms with Crippen LogP contribution < -0.4 is 0 Å². The Labute approximate surface area is 146 Å². The van der Waals surface area contributed by atoms with Gasteiger partial charge in [0.05, 0.1) is 11.1 Å². The lowest BCUT2D eigenvalue weighted by Crippen LogP contribution is -2.43. The first-order valence-electron chi connectivity index (χ1n) is 8.26. The molecule has 5 heteroatoms. The number of aliphatic imine (C=N–C) groups is 1. The predicted octanol–water partition coefficient (Wildman–Crippen LogP) is 5.18. The standard InChI is InChI=1S/C20H22F2N2O/c1-12(2)9-20(5)11-19(3,4)25-18(24-20)14-8-13-6-7-15(21)16(22)17(13)23-10-14/h6-8,10H,1,9,11H2,2-5H3. The molecule has 3 rings (SSSR count). The van der Waals surface area contributed by atoms with Crippen molar-refractivity contribution in [3.63, 3.8) is 0 Å². The predicted molar refractivity (Wildman–Crippen MR) is 95.8 cm³/mol. The van der Waals surface area contributed by atoms with Gasteiger partial charge in [-0.25, -0.2) is 13.8 Å². The lowest BCUT2D eigenvalue weighted by molar-refractivity contribution is 0.0431. The van der Waals surface area contributed by atoms with Gasteiger partial charge >= 0.3 is 0 Å². The molecule has 1 aliphatic heterocycles. The van der Waals surface area contributed by atoms with Crippen molar-refractivity contribution in [2.75, 3.05) is 0 Å². The molecule has 0 N–H and O–H groups in total. The first-order valence-corrected chi connectivity index (χ1v) is 8.26. The van der Waals surface area contributed by atoms with Crippen molar-refractivity contribution in [1.29, 1.82) is 0 Å². The summed E-state index contributed by atoms with van der Waals surface area (Å²) in [5, 5.41) is 0.507. The zero-order valence-corrected chi connectivity index (χ0v) is 15.0. The van der Waals surface area contributed by atoms with Crippen molar-refractivity contribution < 1.29 is 13.5 Å². The third-order valence-corrected chi connectivity index (χ3v) is 4.22. The molecule has 132 valence electrons. The summed E-state index contributed by atoms with van der Waals surface area (Å²) in [6.45, 7) is 12.1. The minimum atomic E-state index is -0.942. The van der Waals surface area contributed by atoms with Gasteiger partial charge in [-0.05, 0) is 52.3 Å². The molecule has 0 saturated heterocycles. The van der Waals surface area contributed by atoms with Crippen LogP contribution in [0.2, 0.25) is 0 Å². The van der Waals surface area contributed by atoms with Gasteiger partial charge in [0.1, 0.15) is 11.1 Å². The maximum Gasteiger partial charge on any atom is 0.218 e. The molecule has 0 bridgehead atoms. The number of nitrogens with zero attached hydrogens (tertiary/aromatic N) is 2. The molecule has 25 heavy (non-hydrogen) atoms. The van der Waals surface area contributed by atoms with Crippen molar-refractivity contribution in [1.82, 2.24) is 4.98 Å². The van der Waals surface area contributed by atoms with E-state index in [4.69, 9.17) is 9.73 Å². The molecular weight excluding hydrogens is 322 g/mol. The van der Waals surface area contributed by atoms with Crippen LogP contribution in [0.25, 0.3) is 10.9 Å². The van der Waals surface area contributed by atoms with Crippen LogP contribution in [0, 0.1) is 11.6 Å². The number of fused-ring (bicyclic) bond motifs is 1. The van der Waals surface area contributed by atoms with Gasteiger partial charge in [0.2, 0.25) is 5.90 Å². The van der Waals surface area contributed by atoms with Crippen molar-refractivity contribution in [3.05, 3.63) is 53.7 Å². The lowest BCUT2D eigenvalue weighted by atomic mass is 9.82. The first-order chi connectivity index (χ1) is 11.6. The van der Waals surface area contributed by atoms with Crippen LogP contribution in [-0.4, -0.2) is 22.0 Å². The van der Waals surface area contributed by atoms with Crippen molar-refractivity contribution in [2.24, 2.45) is 4.99 Å². The minimum Gasteiger partial charge on any atom is -0.471 e. The van der Waals surface area contributed by atoms with Gasteiger partial charge < -0.3 is 4.74 Å². The minimum absolute atomic E-state index is 0.00381. The number of pyridine rings is 1. The van der Waals surface area contributed by atoms with Crippen LogP contribution in [-0.2, 0) is 4.74 Å². The molecule has 3 nitrogen and oxygen atoms in total. The number of aromatic nitrogens is 1. The second kappa shape index (κ2) is 5.90. The van der Waals surface area contributed by atoms with E-state index in [1.54, 1.807) is 6.07 Å². The Kier molecular flexibility index (Phi) is 4.13. The van der Waals surface area contributed by atoms with Crippen LogP contribution >= 0.6 is 0 Å². The summed E-state index contributed by atoms with van der Waals surface area (Å²) in [4.78, 5) is 8.87. The maximum absolute atomic E-state index is 13.9. The molecule has 1 aromatic heterocycles. The van der Waals surface area contributed by atoms with Gasteiger partial charge in [0.25, 0.3) is 0 Å². The van der Waals surface area contributed by atoms with Crippen LogP contribution in [0.4, 0.5) is 8.78 Å². The SMILES string of the molecule is C=C(C)CC1(C)CC(C)(C)OC(c2cnc3c(F)c(F)ccc3c2)=N1. The summed E-state index contributed by atoms with van der Waals surface area (Å²) in [5.41, 5.74) is 0.983. The van der Waals surface area contributed by atoms with Crippen LogP contribution in [0.1, 0.15) is 46.1 Å². The van der Waals surface area contributed by atoms with E-state index >= 15 is 0 Å². The molecule has 1 unspecified atom stereocenters. The van der Waals surface area contributed by atoms with Gasteiger partial charge in [-0.2, -0.15) is 0 Å². The molecule has 0 radical (unpaired) electrons. The average molecular weight is 344 g/mol. The third-order valence-electron chi connectivity index (χ3n) is 4.22. The number of rotatable bonds is 3. The van der Waals surface area contributed by atoms with Crippen molar-refractivity contribution >= 4 is 16.8 Å². The normalized spacial score (nSPS) is 22.4. The van der Waals surface area contributed by atoms with Gasteiger partial charge in [0.15, 0.2) is 11.6 Å². The fourth-order valence-electron chi connectivity index (χ4n) is 3.66. The highest BCUT2D eigenvalue weighted by Crippen LogP contribution is 2.37. The topological polar surface area (TPSA) is 34.5 Å². The summed E-state index contributed by atoms with van der Waals surface area (Å²) >= 11 is 0. The van der Waals surface area contributed by atoms with Gasteiger partial charge in [-0.15, -0.1) is 6.58 Å². The fourth-order valence-corrected chi connectivity index (χ4v) is 3.66. The van der Waals surface area contributed by atoms with Crippen LogP contribution in [0.15, 0.2) is 41.5 Å². The average Bonchev–Trinajstić information content (AvgIpc) is 2.47. The maximum atomic E-state index is 13.9. The number of ether oxygens (including phenoxy) is 1. The molecular formula is C20H22F2N2O. The van der Waals surface area contributed by atoms with Gasteiger partial charge in [0, 0.05) is 18.0 Å². The number of benzene rings is 1. The Morgan fingerprint density at radius 3 is 2.68 bits per heavy atom. The number of hydrogen-bond donors (Lipinski definition) is 0. The largest absolute Gasteiger partial charge is 0.471 e. The molecule has 2 heterocycles. The molecule has 1 aliphatic rings.